The van der Waals surface area contributed by atoms with Gasteiger partial charge in [0, 0.05) is 11.6 Å². The van der Waals surface area contributed by atoms with E-state index in [4.69, 9.17) is 4.74 Å². The standard InChI is InChI=1S/C18H12F3NO2S/c19-12-1-4-14(5-2-12)24-9-11-7-17(25-10-11)18(23)22-16-8-13(20)3-6-15(16)21/h1-8,10H,9H2,(H,22,23). The van der Waals surface area contributed by atoms with Crippen LogP contribution in [0.5, 0.6) is 5.75 Å². The molecule has 0 aliphatic rings. The third kappa shape index (κ3) is 4.39. The Morgan fingerprint density at radius 3 is 2.48 bits per heavy atom. The lowest BCUT2D eigenvalue weighted by atomic mass is 10.2. The van der Waals surface area contributed by atoms with Crippen molar-refractivity contribution in [2.24, 2.45) is 0 Å². The number of hydrogen-bond acceptors (Lipinski definition) is 3. The van der Waals surface area contributed by atoms with Crippen molar-refractivity contribution in [2.45, 2.75) is 6.61 Å². The largest absolute Gasteiger partial charge is 0.489 e. The van der Waals surface area contributed by atoms with Crippen LogP contribution in [-0.2, 0) is 6.61 Å². The highest BCUT2D eigenvalue weighted by Gasteiger charge is 2.13. The maximum Gasteiger partial charge on any atom is 0.265 e. The molecule has 25 heavy (non-hydrogen) atoms. The molecule has 0 bridgehead atoms. The summed E-state index contributed by atoms with van der Waals surface area (Å²) in [6.45, 7) is 0.198. The summed E-state index contributed by atoms with van der Waals surface area (Å²) >= 11 is 1.16. The molecule has 0 saturated heterocycles. The van der Waals surface area contributed by atoms with Crippen LogP contribution in [0.2, 0.25) is 0 Å². The Morgan fingerprint density at radius 1 is 1.00 bits per heavy atom. The summed E-state index contributed by atoms with van der Waals surface area (Å²) in [6.07, 6.45) is 0. The molecule has 2 aromatic carbocycles. The van der Waals surface area contributed by atoms with Gasteiger partial charge in [-0.15, -0.1) is 11.3 Å². The molecular weight excluding hydrogens is 351 g/mol. The van der Waals surface area contributed by atoms with Crippen molar-refractivity contribution < 1.29 is 22.7 Å². The van der Waals surface area contributed by atoms with E-state index in [-0.39, 0.29) is 18.1 Å². The number of anilines is 1. The van der Waals surface area contributed by atoms with Gasteiger partial charge in [0.2, 0.25) is 0 Å². The van der Waals surface area contributed by atoms with Gasteiger partial charge in [-0.3, -0.25) is 4.79 Å². The van der Waals surface area contributed by atoms with E-state index in [9.17, 15) is 18.0 Å². The van der Waals surface area contributed by atoms with Crippen molar-refractivity contribution in [3.8, 4) is 5.75 Å². The van der Waals surface area contributed by atoms with Crippen LogP contribution >= 0.6 is 11.3 Å². The van der Waals surface area contributed by atoms with Gasteiger partial charge in [-0.25, -0.2) is 13.2 Å². The van der Waals surface area contributed by atoms with Gasteiger partial charge < -0.3 is 10.1 Å². The number of hydrogen-bond donors (Lipinski definition) is 1. The molecule has 1 heterocycles. The molecular formula is C18H12F3NO2S. The summed E-state index contributed by atoms with van der Waals surface area (Å²) < 4.78 is 45.0. The number of thiophene rings is 1. The molecule has 128 valence electrons. The first-order chi connectivity index (χ1) is 12.0. The van der Waals surface area contributed by atoms with Crippen LogP contribution in [0, 0.1) is 17.5 Å². The zero-order valence-electron chi connectivity index (χ0n) is 12.8. The zero-order chi connectivity index (χ0) is 17.8. The zero-order valence-corrected chi connectivity index (χ0v) is 13.6. The summed E-state index contributed by atoms with van der Waals surface area (Å²) in [5, 5.41) is 4.06. The SMILES string of the molecule is O=C(Nc1cc(F)ccc1F)c1cc(COc2ccc(F)cc2)cs1. The van der Waals surface area contributed by atoms with E-state index in [0.29, 0.717) is 10.6 Å². The molecule has 1 N–H and O–H groups in total. The summed E-state index contributed by atoms with van der Waals surface area (Å²) in [5.41, 5.74) is 0.515. The summed E-state index contributed by atoms with van der Waals surface area (Å²) in [4.78, 5) is 12.5. The van der Waals surface area contributed by atoms with E-state index in [1.807, 2.05) is 0 Å². The number of nitrogens with one attached hydrogen (secondary N) is 1. The van der Waals surface area contributed by atoms with Crippen molar-refractivity contribution in [3.63, 3.8) is 0 Å². The number of amides is 1. The first-order valence-electron chi connectivity index (χ1n) is 7.23. The topological polar surface area (TPSA) is 38.3 Å². The van der Waals surface area contributed by atoms with E-state index in [1.165, 1.54) is 24.3 Å². The fourth-order valence-corrected chi connectivity index (χ4v) is 2.84. The molecule has 0 fully saturated rings. The Bertz CT molecular complexity index is 894. The maximum absolute atomic E-state index is 13.6. The van der Waals surface area contributed by atoms with Crippen LogP contribution < -0.4 is 10.1 Å². The minimum atomic E-state index is -0.717. The molecule has 3 rings (SSSR count). The Kier molecular flexibility index (Phi) is 5.04. The first kappa shape index (κ1) is 17.0. The predicted molar refractivity (Wildman–Crippen MR) is 89.4 cm³/mol. The molecule has 1 amide bonds. The van der Waals surface area contributed by atoms with Gasteiger partial charge in [0.05, 0.1) is 10.6 Å². The maximum atomic E-state index is 13.6. The Balaban J connectivity index is 1.63. The highest BCUT2D eigenvalue weighted by Crippen LogP contribution is 2.21. The van der Waals surface area contributed by atoms with Gasteiger partial charge in [0.1, 0.15) is 29.8 Å². The number of carbonyl (C=O) groups excluding carboxylic acids is 1. The Morgan fingerprint density at radius 2 is 1.72 bits per heavy atom. The van der Waals surface area contributed by atoms with E-state index in [1.54, 1.807) is 11.4 Å². The second kappa shape index (κ2) is 7.40. The van der Waals surface area contributed by atoms with Crippen LogP contribution in [0.15, 0.2) is 53.9 Å². The van der Waals surface area contributed by atoms with Gasteiger partial charge in [0.25, 0.3) is 5.91 Å². The fraction of sp³-hybridized carbons (Fsp3) is 0.0556. The van der Waals surface area contributed by atoms with Gasteiger partial charge in [-0.1, -0.05) is 0 Å². The second-order valence-corrected chi connectivity index (χ2v) is 6.05. The van der Waals surface area contributed by atoms with Crippen molar-refractivity contribution >= 4 is 22.9 Å². The van der Waals surface area contributed by atoms with Gasteiger partial charge >= 0.3 is 0 Å². The quantitative estimate of drug-likeness (QED) is 0.693. The van der Waals surface area contributed by atoms with Crippen LogP contribution in [0.25, 0.3) is 0 Å². The van der Waals surface area contributed by atoms with Crippen LogP contribution in [0.3, 0.4) is 0 Å². The highest BCUT2D eigenvalue weighted by atomic mass is 32.1. The normalized spacial score (nSPS) is 10.5. The molecule has 0 atom stereocenters. The summed E-state index contributed by atoms with van der Waals surface area (Å²) in [7, 11) is 0. The van der Waals surface area contributed by atoms with Crippen LogP contribution in [0.1, 0.15) is 15.2 Å². The monoisotopic (exact) mass is 363 g/mol. The van der Waals surface area contributed by atoms with Crippen molar-refractivity contribution in [1.82, 2.24) is 0 Å². The summed E-state index contributed by atoms with van der Waals surface area (Å²) in [5.74, 6) is -1.75. The lowest BCUT2D eigenvalue weighted by Gasteiger charge is -2.05. The second-order valence-electron chi connectivity index (χ2n) is 5.14. The predicted octanol–water partition coefficient (Wildman–Crippen LogP) is 5.00. The summed E-state index contributed by atoms with van der Waals surface area (Å²) in [6, 6.07) is 10.0. The van der Waals surface area contributed by atoms with Crippen molar-refractivity contribution in [1.29, 1.82) is 0 Å². The Hall–Kier alpha value is -2.80. The number of ether oxygens (including phenoxy) is 1. The first-order valence-corrected chi connectivity index (χ1v) is 8.11. The minimum Gasteiger partial charge on any atom is -0.489 e. The molecule has 1 aromatic heterocycles. The molecule has 0 radical (unpaired) electrons. The molecule has 0 aliphatic carbocycles. The van der Waals surface area contributed by atoms with Crippen LogP contribution in [0.4, 0.5) is 18.9 Å². The van der Waals surface area contributed by atoms with Crippen LogP contribution in [-0.4, -0.2) is 5.91 Å². The van der Waals surface area contributed by atoms with Crippen molar-refractivity contribution in [3.05, 3.63) is 81.8 Å². The number of halogens is 3. The van der Waals surface area contributed by atoms with E-state index >= 15 is 0 Å². The Labute approximate surface area is 145 Å². The lowest BCUT2D eigenvalue weighted by Crippen LogP contribution is -2.11. The van der Waals surface area contributed by atoms with E-state index < -0.39 is 17.5 Å². The molecule has 0 spiro atoms. The minimum absolute atomic E-state index is 0.198. The third-order valence-electron chi connectivity index (χ3n) is 3.27. The lowest BCUT2D eigenvalue weighted by molar-refractivity contribution is 0.103. The molecule has 0 unspecified atom stereocenters. The third-order valence-corrected chi connectivity index (χ3v) is 4.25. The average Bonchev–Trinajstić information content (AvgIpc) is 3.07. The average molecular weight is 363 g/mol. The van der Waals surface area contributed by atoms with Gasteiger partial charge in [-0.05, 0) is 47.8 Å². The van der Waals surface area contributed by atoms with Gasteiger partial charge in [0.15, 0.2) is 0 Å². The molecule has 0 aliphatic heterocycles. The molecule has 0 saturated carbocycles. The molecule has 3 aromatic rings. The fourth-order valence-electron chi connectivity index (χ4n) is 2.05. The molecule has 7 heteroatoms. The van der Waals surface area contributed by atoms with E-state index in [2.05, 4.69) is 5.32 Å². The van der Waals surface area contributed by atoms with Gasteiger partial charge in [-0.2, -0.15) is 0 Å². The smallest absolute Gasteiger partial charge is 0.265 e. The number of carbonyl (C=O) groups is 1. The van der Waals surface area contributed by atoms with E-state index in [0.717, 1.165) is 35.1 Å². The number of rotatable bonds is 5. The highest BCUT2D eigenvalue weighted by molar-refractivity contribution is 7.12. The van der Waals surface area contributed by atoms with Crippen molar-refractivity contribution in [2.75, 3.05) is 5.32 Å². The number of benzene rings is 2. The molecule has 3 nitrogen and oxygen atoms in total.